The summed E-state index contributed by atoms with van der Waals surface area (Å²) in [4.78, 5) is 22.8. The van der Waals surface area contributed by atoms with Crippen LogP contribution in [-0.2, 0) is 6.42 Å². The smallest absolute Gasteiger partial charge is 0.478 e. The second-order valence-electron chi connectivity index (χ2n) is 8.26. The second-order valence-corrected chi connectivity index (χ2v) is 8.26. The van der Waals surface area contributed by atoms with Crippen molar-refractivity contribution in [1.29, 1.82) is 0 Å². The Morgan fingerprint density at radius 2 is 1.80 bits per heavy atom. The summed E-state index contributed by atoms with van der Waals surface area (Å²) in [6.07, 6.45) is -2.36. The van der Waals surface area contributed by atoms with Crippen LogP contribution in [0.1, 0.15) is 22.3 Å². The number of aryl methyl sites for hydroxylation is 1. The summed E-state index contributed by atoms with van der Waals surface area (Å²) in [5, 5.41) is 9.40. The number of rotatable bonds is 3. The number of ether oxygens (including phenoxy) is 2. The van der Waals surface area contributed by atoms with E-state index in [2.05, 4.69) is 9.47 Å². The van der Waals surface area contributed by atoms with Crippen LogP contribution in [0.4, 0.5) is 24.7 Å². The van der Waals surface area contributed by atoms with Crippen molar-refractivity contribution in [2.75, 3.05) is 11.4 Å². The normalized spacial score (nSPS) is 15.8. The van der Waals surface area contributed by atoms with E-state index in [-0.39, 0.29) is 22.9 Å². The lowest BCUT2D eigenvalue weighted by Gasteiger charge is -2.31. The lowest BCUT2D eigenvalue weighted by Crippen LogP contribution is -2.26. The molecule has 0 saturated carbocycles. The Labute approximate surface area is 196 Å². The van der Waals surface area contributed by atoms with Gasteiger partial charge in [-0.05, 0) is 73.0 Å². The van der Waals surface area contributed by atoms with Gasteiger partial charge in [-0.2, -0.15) is 0 Å². The number of carboxylic acids is 1. The second kappa shape index (κ2) is 7.59. The number of aromatic carboxylic acids is 1. The zero-order valence-electron chi connectivity index (χ0n) is 18.0. The minimum Gasteiger partial charge on any atom is -0.478 e. The van der Waals surface area contributed by atoms with E-state index in [1.165, 1.54) is 36.4 Å². The molecule has 6 rings (SSSR count). The van der Waals surface area contributed by atoms with Gasteiger partial charge in [-0.1, -0.05) is 0 Å². The SMILES string of the molecule is O=C(O)c1ccc2nc(-c3ccc4c(c3)OC(F)(F)O4)c(N3CCCc4cc(F)ccc43)nc2c1. The molecule has 0 aliphatic carbocycles. The molecule has 1 N–H and O–H groups in total. The van der Waals surface area contributed by atoms with Crippen molar-refractivity contribution in [2.45, 2.75) is 19.1 Å². The Hall–Kier alpha value is -4.34. The zero-order valence-corrected chi connectivity index (χ0v) is 18.0. The Bertz CT molecular complexity index is 1530. The number of halogens is 3. The van der Waals surface area contributed by atoms with E-state index in [1.807, 2.05) is 4.90 Å². The molecule has 0 amide bonds. The number of hydrogen-bond acceptors (Lipinski definition) is 6. The van der Waals surface area contributed by atoms with E-state index >= 15 is 0 Å². The number of aromatic nitrogens is 2. The van der Waals surface area contributed by atoms with Gasteiger partial charge < -0.3 is 19.5 Å². The third-order valence-electron chi connectivity index (χ3n) is 5.98. The molecule has 1 aromatic heterocycles. The Morgan fingerprint density at radius 3 is 2.63 bits per heavy atom. The zero-order chi connectivity index (χ0) is 24.3. The van der Waals surface area contributed by atoms with Gasteiger partial charge in [-0.25, -0.2) is 19.2 Å². The van der Waals surface area contributed by atoms with Crippen molar-refractivity contribution in [3.05, 3.63) is 71.5 Å². The van der Waals surface area contributed by atoms with Gasteiger partial charge in [0.15, 0.2) is 17.3 Å². The molecule has 4 aromatic rings. The summed E-state index contributed by atoms with van der Waals surface area (Å²) < 4.78 is 50.2. The molecule has 0 fully saturated rings. The summed E-state index contributed by atoms with van der Waals surface area (Å²) in [6.45, 7) is 0.549. The van der Waals surface area contributed by atoms with Gasteiger partial charge in [0.05, 0.1) is 16.6 Å². The maximum absolute atomic E-state index is 13.9. The molecule has 3 aromatic carbocycles. The Morgan fingerprint density at radius 1 is 0.971 bits per heavy atom. The average molecular weight is 479 g/mol. The Balaban J connectivity index is 1.57. The lowest BCUT2D eigenvalue weighted by atomic mass is 10.0. The molecule has 2 aliphatic heterocycles. The summed E-state index contributed by atoms with van der Waals surface area (Å²) in [6, 6.07) is 13.2. The van der Waals surface area contributed by atoms with E-state index in [4.69, 9.17) is 9.97 Å². The first-order valence-corrected chi connectivity index (χ1v) is 10.8. The molecule has 0 spiro atoms. The highest BCUT2D eigenvalue weighted by atomic mass is 19.3. The standard InChI is InChI=1S/C25H16F3N3O4/c26-16-5-7-19-13(10-16)2-1-9-31(19)23-22(14-4-8-20-21(12-14)35-25(27,28)34-20)29-17-6-3-15(24(32)33)11-18(17)30-23/h3-8,10-12H,1-2,9H2,(H,32,33). The number of fused-ring (bicyclic) bond motifs is 3. The van der Waals surface area contributed by atoms with Crippen LogP contribution in [0.25, 0.3) is 22.3 Å². The van der Waals surface area contributed by atoms with Crippen molar-refractivity contribution in [1.82, 2.24) is 9.97 Å². The van der Waals surface area contributed by atoms with E-state index in [1.54, 1.807) is 18.2 Å². The van der Waals surface area contributed by atoms with Crippen LogP contribution < -0.4 is 14.4 Å². The van der Waals surface area contributed by atoms with E-state index < -0.39 is 12.3 Å². The molecule has 176 valence electrons. The molecule has 2 aliphatic rings. The van der Waals surface area contributed by atoms with Crippen molar-refractivity contribution < 1.29 is 32.5 Å². The predicted molar refractivity (Wildman–Crippen MR) is 120 cm³/mol. The van der Waals surface area contributed by atoms with Crippen molar-refractivity contribution >= 4 is 28.5 Å². The van der Waals surface area contributed by atoms with Crippen LogP contribution in [0.2, 0.25) is 0 Å². The minimum absolute atomic E-state index is 0.0527. The van der Waals surface area contributed by atoms with Gasteiger partial charge in [0, 0.05) is 17.8 Å². The number of anilines is 2. The number of carboxylic acid groups (broad SMARTS) is 1. The van der Waals surface area contributed by atoms with Gasteiger partial charge in [0.1, 0.15) is 11.5 Å². The fraction of sp³-hybridized carbons (Fsp3) is 0.160. The van der Waals surface area contributed by atoms with Crippen molar-refractivity contribution in [2.24, 2.45) is 0 Å². The van der Waals surface area contributed by atoms with Crippen molar-refractivity contribution in [3.63, 3.8) is 0 Å². The monoisotopic (exact) mass is 479 g/mol. The van der Waals surface area contributed by atoms with E-state index in [0.717, 1.165) is 17.7 Å². The van der Waals surface area contributed by atoms with Crippen LogP contribution in [0.15, 0.2) is 54.6 Å². The highest BCUT2D eigenvalue weighted by molar-refractivity contribution is 5.94. The van der Waals surface area contributed by atoms with Crippen LogP contribution >= 0.6 is 0 Å². The summed E-state index contributed by atoms with van der Waals surface area (Å²) in [5.41, 5.74) is 3.20. The third-order valence-corrected chi connectivity index (χ3v) is 5.98. The number of nitrogens with zero attached hydrogens (tertiary/aromatic N) is 3. The molecule has 0 unspecified atom stereocenters. The van der Waals surface area contributed by atoms with Gasteiger partial charge in [-0.15, -0.1) is 8.78 Å². The molecule has 0 saturated heterocycles. The lowest BCUT2D eigenvalue weighted by molar-refractivity contribution is -0.286. The average Bonchev–Trinajstić information content (AvgIpc) is 3.15. The van der Waals surface area contributed by atoms with E-state index in [9.17, 15) is 23.1 Å². The predicted octanol–water partition coefficient (Wildman–Crippen LogP) is 5.54. The summed E-state index contributed by atoms with van der Waals surface area (Å²) in [5.74, 6) is -1.30. The highest BCUT2D eigenvalue weighted by Crippen LogP contribution is 2.45. The first-order chi connectivity index (χ1) is 16.8. The molecular weight excluding hydrogens is 463 g/mol. The first kappa shape index (κ1) is 21.2. The molecule has 10 heteroatoms. The first-order valence-electron chi connectivity index (χ1n) is 10.8. The number of benzene rings is 3. The number of alkyl halides is 2. The van der Waals surface area contributed by atoms with Crippen molar-refractivity contribution in [3.8, 4) is 22.8 Å². The largest absolute Gasteiger partial charge is 0.586 e. The van der Waals surface area contributed by atoms with E-state index in [0.29, 0.717) is 41.1 Å². The Kier molecular flexibility index (Phi) is 4.60. The summed E-state index contributed by atoms with van der Waals surface area (Å²) in [7, 11) is 0. The van der Waals surface area contributed by atoms with Gasteiger partial charge in [0.25, 0.3) is 0 Å². The maximum atomic E-state index is 13.9. The fourth-order valence-electron chi connectivity index (χ4n) is 4.44. The molecular formula is C25H16F3N3O4. The van der Waals surface area contributed by atoms with Crippen LogP contribution in [0.5, 0.6) is 11.5 Å². The third kappa shape index (κ3) is 3.67. The summed E-state index contributed by atoms with van der Waals surface area (Å²) >= 11 is 0. The topological polar surface area (TPSA) is 84.8 Å². The van der Waals surface area contributed by atoms with Gasteiger partial charge in [0.2, 0.25) is 0 Å². The number of hydrogen-bond donors (Lipinski definition) is 1. The molecule has 0 atom stereocenters. The molecule has 35 heavy (non-hydrogen) atoms. The highest BCUT2D eigenvalue weighted by Gasteiger charge is 2.43. The number of carbonyl (C=O) groups is 1. The molecule has 0 radical (unpaired) electrons. The quantitative estimate of drug-likeness (QED) is 0.413. The molecule has 3 heterocycles. The van der Waals surface area contributed by atoms with Crippen LogP contribution in [0.3, 0.4) is 0 Å². The minimum atomic E-state index is -3.76. The van der Waals surface area contributed by atoms with Gasteiger partial charge in [-0.3, -0.25) is 0 Å². The maximum Gasteiger partial charge on any atom is 0.586 e. The van der Waals surface area contributed by atoms with Gasteiger partial charge >= 0.3 is 12.3 Å². The molecule has 0 bridgehead atoms. The molecule has 7 nitrogen and oxygen atoms in total. The fourth-order valence-corrected chi connectivity index (χ4v) is 4.44. The van der Waals surface area contributed by atoms with Crippen LogP contribution in [-0.4, -0.2) is 33.9 Å². The van der Waals surface area contributed by atoms with Crippen LogP contribution in [0, 0.1) is 5.82 Å².